The summed E-state index contributed by atoms with van der Waals surface area (Å²) in [5, 5.41) is 0. The van der Waals surface area contributed by atoms with Crippen LogP contribution in [0.25, 0.3) is 0 Å². The lowest BCUT2D eigenvalue weighted by molar-refractivity contribution is 0.113. The molecule has 0 aromatic heterocycles. The molecule has 0 aromatic carbocycles. The van der Waals surface area contributed by atoms with Gasteiger partial charge in [-0.25, -0.2) is 0 Å². The molecule has 0 saturated carbocycles. The van der Waals surface area contributed by atoms with Crippen molar-refractivity contribution in [2.75, 3.05) is 13.2 Å². The van der Waals surface area contributed by atoms with Crippen molar-refractivity contribution in [3.05, 3.63) is 0 Å². The SMILES string of the molecule is C#CCC(COCCC)NN. The molecule has 0 spiro atoms. The summed E-state index contributed by atoms with van der Waals surface area (Å²) in [6, 6.07) is 0.0894. The van der Waals surface area contributed by atoms with Crippen LogP contribution < -0.4 is 11.3 Å². The van der Waals surface area contributed by atoms with E-state index in [1.54, 1.807) is 0 Å². The predicted octanol–water partition coefficient (Wildman–Crippen LogP) is 0.268. The second kappa shape index (κ2) is 7.55. The van der Waals surface area contributed by atoms with Gasteiger partial charge in [-0.15, -0.1) is 12.3 Å². The van der Waals surface area contributed by atoms with Crippen molar-refractivity contribution in [1.29, 1.82) is 0 Å². The topological polar surface area (TPSA) is 47.3 Å². The average Bonchev–Trinajstić information content (AvgIpc) is 2.03. The Balaban J connectivity index is 3.30. The second-order valence-corrected chi connectivity index (χ2v) is 2.35. The van der Waals surface area contributed by atoms with Gasteiger partial charge in [0.15, 0.2) is 0 Å². The van der Waals surface area contributed by atoms with E-state index >= 15 is 0 Å². The minimum atomic E-state index is 0.0894. The van der Waals surface area contributed by atoms with Gasteiger partial charge in [0.2, 0.25) is 0 Å². The highest BCUT2D eigenvalue weighted by molar-refractivity contribution is 4.88. The van der Waals surface area contributed by atoms with Gasteiger partial charge in [-0.1, -0.05) is 6.92 Å². The number of nitrogens with one attached hydrogen (secondary N) is 1. The fourth-order valence-corrected chi connectivity index (χ4v) is 0.678. The van der Waals surface area contributed by atoms with Crippen LogP contribution in [0.4, 0.5) is 0 Å². The van der Waals surface area contributed by atoms with Crippen molar-refractivity contribution in [2.45, 2.75) is 25.8 Å². The van der Waals surface area contributed by atoms with Crippen molar-refractivity contribution in [2.24, 2.45) is 5.84 Å². The second-order valence-electron chi connectivity index (χ2n) is 2.35. The highest BCUT2D eigenvalue weighted by Crippen LogP contribution is 1.90. The zero-order chi connectivity index (χ0) is 8.53. The van der Waals surface area contributed by atoms with Gasteiger partial charge in [0, 0.05) is 13.0 Å². The quantitative estimate of drug-likeness (QED) is 0.251. The molecular weight excluding hydrogens is 140 g/mol. The van der Waals surface area contributed by atoms with Crippen molar-refractivity contribution in [3.8, 4) is 12.3 Å². The van der Waals surface area contributed by atoms with Crippen molar-refractivity contribution in [1.82, 2.24) is 5.43 Å². The van der Waals surface area contributed by atoms with Gasteiger partial charge in [0.1, 0.15) is 0 Å². The maximum Gasteiger partial charge on any atom is 0.0642 e. The number of ether oxygens (including phenoxy) is 1. The van der Waals surface area contributed by atoms with E-state index in [1.165, 1.54) is 0 Å². The molecule has 3 N–H and O–H groups in total. The molecule has 0 heterocycles. The summed E-state index contributed by atoms with van der Waals surface area (Å²) in [5.41, 5.74) is 2.59. The van der Waals surface area contributed by atoms with Crippen LogP contribution in [0.5, 0.6) is 0 Å². The van der Waals surface area contributed by atoms with Crippen molar-refractivity contribution >= 4 is 0 Å². The Kier molecular flexibility index (Phi) is 7.16. The summed E-state index contributed by atoms with van der Waals surface area (Å²) in [5.74, 6) is 7.74. The molecule has 0 aliphatic heterocycles. The molecule has 0 aliphatic rings. The summed E-state index contributed by atoms with van der Waals surface area (Å²) in [6.07, 6.45) is 6.74. The van der Waals surface area contributed by atoms with E-state index in [4.69, 9.17) is 17.0 Å². The molecular formula is C8H16N2O. The molecule has 64 valence electrons. The highest BCUT2D eigenvalue weighted by Gasteiger charge is 2.02. The van der Waals surface area contributed by atoms with Gasteiger partial charge >= 0.3 is 0 Å². The first-order valence-electron chi connectivity index (χ1n) is 3.82. The molecule has 3 nitrogen and oxygen atoms in total. The van der Waals surface area contributed by atoms with Crippen molar-refractivity contribution < 1.29 is 4.74 Å². The number of terminal acetylenes is 1. The highest BCUT2D eigenvalue weighted by atomic mass is 16.5. The van der Waals surface area contributed by atoms with E-state index in [-0.39, 0.29) is 6.04 Å². The van der Waals surface area contributed by atoms with Gasteiger partial charge in [-0.3, -0.25) is 11.3 Å². The van der Waals surface area contributed by atoms with Crippen LogP contribution in [-0.2, 0) is 4.74 Å². The first-order chi connectivity index (χ1) is 5.35. The largest absolute Gasteiger partial charge is 0.380 e. The Morgan fingerprint density at radius 2 is 2.45 bits per heavy atom. The van der Waals surface area contributed by atoms with Crippen LogP contribution in [0.15, 0.2) is 0 Å². The van der Waals surface area contributed by atoms with E-state index in [2.05, 4.69) is 18.3 Å². The number of hydrazine groups is 1. The normalized spacial score (nSPS) is 12.5. The molecule has 0 aliphatic carbocycles. The van der Waals surface area contributed by atoms with Gasteiger partial charge in [-0.05, 0) is 6.42 Å². The Hall–Kier alpha value is -0.560. The molecule has 0 rings (SSSR count). The molecule has 3 heteroatoms. The summed E-state index contributed by atoms with van der Waals surface area (Å²) >= 11 is 0. The maximum atomic E-state index is 5.25. The monoisotopic (exact) mass is 156 g/mol. The van der Waals surface area contributed by atoms with Gasteiger partial charge in [0.05, 0.1) is 12.6 Å². The summed E-state index contributed by atoms with van der Waals surface area (Å²) in [6.45, 7) is 3.42. The van der Waals surface area contributed by atoms with E-state index in [9.17, 15) is 0 Å². The summed E-state index contributed by atoms with van der Waals surface area (Å²) in [4.78, 5) is 0. The summed E-state index contributed by atoms with van der Waals surface area (Å²) in [7, 11) is 0. The Bertz CT molecular complexity index is 120. The molecule has 1 atom stereocenters. The average molecular weight is 156 g/mol. The first-order valence-corrected chi connectivity index (χ1v) is 3.82. The van der Waals surface area contributed by atoms with Crippen LogP contribution in [-0.4, -0.2) is 19.3 Å². The van der Waals surface area contributed by atoms with Gasteiger partial charge in [0.25, 0.3) is 0 Å². The lowest BCUT2D eigenvalue weighted by Crippen LogP contribution is -2.38. The standard InChI is InChI=1S/C8H16N2O/c1-3-5-8(10-9)7-11-6-4-2/h1,8,10H,4-7,9H2,2H3. The third-order valence-corrected chi connectivity index (χ3v) is 1.27. The molecule has 0 bridgehead atoms. The molecule has 0 aromatic rings. The minimum absolute atomic E-state index is 0.0894. The summed E-state index contributed by atoms with van der Waals surface area (Å²) < 4.78 is 5.25. The van der Waals surface area contributed by atoms with E-state index < -0.39 is 0 Å². The lowest BCUT2D eigenvalue weighted by Gasteiger charge is -2.12. The third-order valence-electron chi connectivity index (χ3n) is 1.27. The van der Waals surface area contributed by atoms with Crippen LogP contribution in [0.2, 0.25) is 0 Å². The molecule has 1 unspecified atom stereocenters. The molecule has 0 amide bonds. The smallest absolute Gasteiger partial charge is 0.0642 e. The predicted molar refractivity (Wildman–Crippen MR) is 45.7 cm³/mol. The number of hydrogen-bond acceptors (Lipinski definition) is 3. The number of rotatable bonds is 6. The van der Waals surface area contributed by atoms with Crippen LogP contribution in [0, 0.1) is 12.3 Å². The van der Waals surface area contributed by atoms with E-state index in [0.29, 0.717) is 13.0 Å². The zero-order valence-corrected chi connectivity index (χ0v) is 6.97. The third kappa shape index (κ3) is 5.86. The minimum Gasteiger partial charge on any atom is -0.380 e. The number of hydrogen-bond donors (Lipinski definition) is 2. The van der Waals surface area contributed by atoms with Crippen LogP contribution >= 0.6 is 0 Å². The number of nitrogens with two attached hydrogens (primary N) is 1. The molecule has 0 fully saturated rings. The van der Waals surface area contributed by atoms with Crippen LogP contribution in [0.3, 0.4) is 0 Å². The van der Waals surface area contributed by atoms with Gasteiger partial charge in [-0.2, -0.15) is 0 Å². The Morgan fingerprint density at radius 3 is 2.91 bits per heavy atom. The van der Waals surface area contributed by atoms with Crippen LogP contribution in [0.1, 0.15) is 19.8 Å². The maximum absolute atomic E-state index is 5.25. The molecule has 0 saturated heterocycles. The Morgan fingerprint density at radius 1 is 1.73 bits per heavy atom. The fourth-order valence-electron chi connectivity index (χ4n) is 0.678. The molecule has 11 heavy (non-hydrogen) atoms. The van der Waals surface area contributed by atoms with E-state index in [0.717, 1.165) is 13.0 Å². The van der Waals surface area contributed by atoms with Gasteiger partial charge < -0.3 is 4.74 Å². The Labute approximate surface area is 68.3 Å². The zero-order valence-electron chi connectivity index (χ0n) is 6.97. The molecule has 0 radical (unpaired) electrons. The fraction of sp³-hybridized carbons (Fsp3) is 0.750. The lowest BCUT2D eigenvalue weighted by atomic mass is 10.2. The first kappa shape index (κ1) is 10.4. The van der Waals surface area contributed by atoms with E-state index in [1.807, 2.05) is 0 Å². The van der Waals surface area contributed by atoms with Crippen molar-refractivity contribution in [3.63, 3.8) is 0 Å².